The molecule has 0 aliphatic heterocycles. The van der Waals surface area contributed by atoms with Crippen molar-refractivity contribution in [3.05, 3.63) is 35.0 Å². The number of terminal acetylenes is 1. The van der Waals surface area contributed by atoms with Crippen molar-refractivity contribution in [3.8, 4) is 12.3 Å². The van der Waals surface area contributed by atoms with Gasteiger partial charge in [-0.05, 0) is 37.6 Å². The molecule has 1 aromatic heterocycles. The van der Waals surface area contributed by atoms with Gasteiger partial charge in [-0.25, -0.2) is 4.79 Å². The highest BCUT2D eigenvalue weighted by molar-refractivity contribution is 5.96. The van der Waals surface area contributed by atoms with Crippen LogP contribution in [0.1, 0.15) is 21.6 Å². The number of rotatable bonds is 4. The van der Waals surface area contributed by atoms with Crippen molar-refractivity contribution >= 4 is 22.8 Å². The van der Waals surface area contributed by atoms with Crippen molar-refractivity contribution in [2.75, 3.05) is 13.2 Å². The Morgan fingerprint density at radius 1 is 1.38 bits per heavy atom. The number of amides is 1. The highest BCUT2D eigenvalue weighted by Crippen LogP contribution is 2.22. The number of hydrogen-bond donors (Lipinski definition) is 2. The lowest BCUT2D eigenvalue weighted by atomic mass is 10.1. The van der Waals surface area contributed by atoms with Gasteiger partial charge in [0.1, 0.15) is 0 Å². The summed E-state index contributed by atoms with van der Waals surface area (Å²) in [6, 6.07) is 5.25. The van der Waals surface area contributed by atoms with Crippen LogP contribution in [-0.2, 0) is 9.53 Å². The van der Waals surface area contributed by atoms with Crippen molar-refractivity contribution in [3.63, 3.8) is 0 Å². The summed E-state index contributed by atoms with van der Waals surface area (Å²) in [7, 11) is 0. The average Bonchev–Trinajstić information content (AvgIpc) is 2.77. The zero-order valence-electron chi connectivity index (χ0n) is 11.9. The molecule has 0 aliphatic rings. The number of nitrogens with one attached hydrogen (secondary N) is 2. The van der Waals surface area contributed by atoms with E-state index in [0.29, 0.717) is 5.56 Å². The number of fused-ring (bicyclic) bond motifs is 1. The zero-order valence-corrected chi connectivity index (χ0v) is 11.9. The minimum Gasteiger partial charge on any atom is -0.452 e. The fourth-order valence-corrected chi connectivity index (χ4v) is 2.00. The quantitative estimate of drug-likeness (QED) is 0.663. The van der Waals surface area contributed by atoms with Crippen molar-refractivity contribution in [1.29, 1.82) is 0 Å². The highest BCUT2D eigenvalue weighted by atomic mass is 16.5. The van der Waals surface area contributed by atoms with Gasteiger partial charge in [0.15, 0.2) is 6.61 Å². The fraction of sp³-hybridized carbons (Fsp3) is 0.250. The third-order valence-electron chi connectivity index (χ3n) is 3.27. The number of esters is 1. The van der Waals surface area contributed by atoms with E-state index in [9.17, 15) is 9.59 Å². The van der Waals surface area contributed by atoms with Crippen LogP contribution in [0.2, 0.25) is 0 Å². The third-order valence-corrected chi connectivity index (χ3v) is 3.27. The van der Waals surface area contributed by atoms with Crippen LogP contribution in [0.25, 0.3) is 10.9 Å². The number of carbonyl (C=O) groups is 2. The van der Waals surface area contributed by atoms with Gasteiger partial charge in [0.25, 0.3) is 5.91 Å². The van der Waals surface area contributed by atoms with Gasteiger partial charge in [0, 0.05) is 16.6 Å². The van der Waals surface area contributed by atoms with Crippen molar-refractivity contribution in [2.45, 2.75) is 13.8 Å². The predicted molar refractivity (Wildman–Crippen MR) is 79.9 cm³/mol. The second-order valence-electron chi connectivity index (χ2n) is 4.69. The van der Waals surface area contributed by atoms with Gasteiger partial charge in [0.2, 0.25) is 0 Å². The second kappa shape index (κ2) is 6.14. The van der Waals surface area contributed by atoms with Crippen LogP contribution in [0.15, 0.2) is 18.2 Å². The van der Waals surface area contributed by atoms with E-state index in [1.54, 1.807) is 12.1 Å². The third kappa shape index (κ3) is 3.23. The maximum Gasteiger partial charge on any atom is 0.338 e. The minimum absolute atomic E-state index is 0.115. The molecule has 0 fully saturated rings. The maximum absolute atomic E-state index is 11.9. The van der Waals surface area contributed by atoms with E-state index >= 15 is 0 Å². The van der Waals surface area contributed by atoms with Crippen LogP contribution >= 0.6 is 0 Å². The monoisotopic (exact) mass is 284 g/mol. The first-order chi connectivity index (χ1) is 10.0. The standard InChI is InChI=1S/C16H16N2O3/c1-4-7-17-15(19)9-21-16(20)12-5-6-14-13(8-12)10(2)11(3)18-14/h1,5-6,8,18H,7,9H2,2-3H3,(H,17,19). The Bertz CT molecular complexity index is 738. The Balaban J connectivity index is 2.08. The molecule has 0 aliphatic carbocycles. The van der Waals surface area contributed by atoms with Crippen LogP contribution in [0.3, 0.4) is 0 Å². The van der Waals surface area contributed by atoms with Gasteiger partial charge < -0.3 is 15.0 Å². The van der Waals surface area contributed by atoms with E-state index < -0.39 is 11.9 Å². The number of aryl methyl sites for hydroxylation is 2. The molecule has 2 N–H and O–H groups in total. The average molecular weight is 284 g/mol. The van der Waals surface area contributed by atoms with Crippen molar-refractivity contribution < 1.29 is 14.3 Å². The minimum atomic E-state index is -0.536. The number of H-pyrrole nitrogens is 1. The summed E-state index contributed by atoms with van der Waals surface area (Å²) < 4.78 is 4.95. The molecule has 0 atom stereocenters. The lowest BCUT2D eigenvalue weighted by Gasteiger charge is -2.05. The molecule has 2 aromatic rings. The SMILES string of the molecule is C#CCNC(=O)COC(=O)c1ccc2[nH]c(C)c(C)c2c1. The molecular weight excluding hydrogens is 268 g/mol. The van der Waals surface area contributed by atoms with Gasteiger partial charge in [-0.1, -0.05) is 5.92 Å². The van der Waals surface area contributed by atoms with Crippen LogP contribution in [0.4, 0.5) is 0 Å². The number of aromatic amines is 1. The lowest BCUT2D eigenvalue weighted by Crippen LogP contribution is -2.28. The van der Waals surface area contributed by atoms with E-state index in [1.807, 2.05) is 19.9 Å². The van der Waals surface area contributed by atoms with E-state index in [-0.39, 0.29) is 13.2 Å². The summed E-state index contributed by atoms with van der Waals surface area (Å²) in [6.45, 7) is 3.73. The fourth-order valence-electron chi connectivity index (χ4n) is 2.00. The summed E-state index contributed by atoms with van der Waals surface area (Å²) in [6.07, 6.45) is 5.02. The number of ether oxygens (including phenoxy) is 1. The van der Waals surface area contributed by atoms with E-state index in [4.69, 9.17) is 11.2 Å². The van der Waals surface area contributed by atoms with Crippen molar-refractivity contribution in [2.24, 2.45) is 0 Å². The number of carbonyl (C=O) groups excluding carboxylic acids is 2. The highest BCUT2D eigenvalue weighted by Gasteiger charge is 2.12. The Kier molecular flexibility index (Phi) is 4.29. The molecule has 108 valence electrons. The molecule has 0 saturated heterocycles. The zero-order chi connectivity index (χ0) is 15.4. The topological polar surface area (TPSA) is 71.2 Å². The molecule has 21 heavy (non-hydrogen) atoms. The molecule has 0 saturated carbocycles. The molecule has 0 radical (unpaired) electrons. The first-order valence-corrected chi connectivity index (χ1v) is 6.49. The lowest BCUT2D eigenvalue weighted by molar-refractivity contribution is -0.123. The van der Waals surface area contributed by atoms with Crippen LogP contribution in [-0.4, -0.2) is 30.0 Å². The van der Waals surface area contributed by atoms with E-state index in [2.05, 4.69) is 16.2 Å². The summed E-state index contributed by atoms with van der Waals surface area (Å²) >= 11 is 0. The summed E-state index contributed by atoms with van der Waals surface area (Å²) in [5.41, 5.74) is 3.53. The smallest absolute Gasteiger partial charge is 0.338 e. The molecule has 1 amide bonds. The van der Waals surface area contributed by atoms with E-state index in [0.717, 1.165) is 22.2 Å². The molecule has 0 bridgehead atoms. The molecular formula is C16H16N2O3. The number of benzene rings is 1. The van der Waals surface area contributed by atoms with Gasteiger partial charge >= 0.3 is 5.97 Å². The first-order valence-electron chi connectivity index (χ1n) is 6.49. The molecule has 0 spiro atoms. The van der Waals surface area contributed by atoms with Crippen LogP contribution in [0, 0.1) is 26.2 Å². The number of aromatic nitrogens is 1. The molecule has 5 heteroatoms. The molecule has 0 unspecified atom stereocenters. The van der Waals surface area contributed by atoms with Gasteiger partial charge in [-0.3, -0.25) is 4.79 Å². The normalized spacial score (nSPS) is 10.1. The van der Waals surface area contributed by atoms with Gasteiger partial charge in [0.05, 0.1) is 12.1 Å². The summed E-state index contributed by atoms with van der Waals surface area (Å²) in [5, 5.41) is 3.40. The second-order valence-corrected chi connectivity index (χ2v) is 4.69. The first kappa shape index (κ1) is 14.7. The van der Waals surface area contributed by atoms with E-state index in [1.165, 1.54) is 0 Å². The summed E-state index contributed by atoms with van der Waals surface area (Å²) in [4.78, 5) is 26.5. The van der Waals surface area contributed by atoms with Gasteiger partial charge in [-0.2, -0.15) is 0 Å². The Labute approximate surface area is 122 Å². The van der Waals surface area contributed by atoms with Crippen molar-refractivity contribution in [1.82, 2.24) is 10.3 Å². The molecule has 1 heterocycles. The predicted octanol–water partition coefficient (Wildman–Crippen LogP) is 1.69. The Hall–Kier alpha value is -2.74. The maximum atomic E-state index is 11.9. The Morgan fingerprint density at radius 3 is 2.86 bits per heavy atom. The summed E-state index contributed by atoms with van der Waals surface area (Å²) in [5.74, 6) is 1.31. The molecule has 1 aromatic carbocycles. The largest absolute Gasteiger partial charge is 0.452 e. The molecule has 5 nitrogen and oxygen atoms in total. The Morgan fingerprint density at radius 2 is 2.14 bits per heavy atom. The molecule has 2 rings (SSSR count). The number of hydrogen-bond acceptors (Lipinski definition) is 3. The van der Waals surface area contributed by atoms with Crippen LogP contribution < -0.4 is 5.32 Å². The van der Waals surface area contributed by atoms with Gasteiger partial charge in [-0.15, -0.1) is 6.42 Å². The van der Waals surface area contributed by atoms with Crippen LogP contribution in [0.5, 0.6) is 0 Å².